The molecule has 0 spiro atoms. The Morgan fingerprint density at radius 2 is 2.15 bits per heavy atom. The summed E-state index contributed by atoms with van der Waals surface area (Å²) in [5, 5.41) is 10.8. The van der Waals surface area contributed by atoms with Gasteiger partial charge in [0.05, 0.1) is 13.0 Å². The quantitative estimate of drug-likeness (QED) is 0.620. The van der Waals surface area contributed by atoms with Gasteiger partial charge in [-0.3, -0.25) is 4.79 Å². The van der Waals surface area contributed by atoms with Gasteiger partial charge in [0.1, 0.15) is 0 Å². The second-order valence-corrected chi connectivity index (χ2v) is 3.18. The number of rotatable bonds is 2. The van der Waals surface area contributed by atoms with Crippen LogP contribution in [0.2, 0.25) is 0 Å². The minimum absolute atomic E-state index is 0.0957. The second-order valence-electron chi connectivity index (χ2n) is 3.18. The molecule has 0 bridgehead atoms. The Morgan fingerprint density at radius 1 is 1.46 bits per heavy atom. The average Bonchev–Trinajstić information content (AvgIpc) is 2.50. The van der Waals surface area contributed by atoms with Crippen LogP contribution < -0.4 is 5.32 Å². The predicted molar refractivity (Wildman–Crippen MR) is 44.3 cm³/mol. The number of amides is 1. The van der Waals surface area contributed by atoms with Gasteiger partial charge >= 0.3 is 12.1 Å². The lowest BCUT2D eigenvalue weighted by Crippen LogP contribution is -2.31. The van der Waals surface area contributed by atoms with E-state index in [1.54, 1.807) is 0 Å². The summed E-state index contributed by atoms with van der Waals surface area (Å²) in [6.07, 6.45) is 0.943. The van der Waals surface area contributed by atoms with Gasteiger partial charge in [-0.15, -0.1) is 0 Å². The summed E-state index contributed by atoms with van der Waals surface area (Å²) >= 11 is 0. The summed E-state index contributed by atoms with van der Waals surface area (Å²) in [6, 6.07) is -0.0957. The Hall–Kier alpha value is -1.26. The molecule has 5 heteroatoms. The van der Waals surface area contributed by atoms with Gasteiger partial charge in [-0.2, -0.15) is 0 Å². The molecule has 1 rings (SSSR count). The highest BCUT2D eigenvalue weighted by Crippen LogP contribution is 2.26. The second kappa shape index (κ2) is 4.11. The van der Waals surface area contributed by atoms with Crippen molar-refractivity contribution in [2.45, 2.75) is 25.3 Å². The van der Waals surface area contributed by atoms with Crippen LogP contribution in [0.25, 0.3) is 0 Å². The molecule has 2 N–H and O–H groups in total. The fourth-order valence-corrected chi connectivity index (χ4v) is 1.67. The van der Waals surface area contributed by atoms with Crippen LogP contribution >= 0.6 is 0 Å². The third-order valence-electron chi connectivity index (χ3n) is 2.29. The first-order valence-electron chi connectivity index (χ1n) is 4.20. The topological polar surface area (TPSA) is 75.6 Å². The summed E-state index contributed by atoms with van der Waals surface area (Å²) in [4.78, 5) is 21.3. The van der Waals surface area contributed by atoms with Crippen LogP contribution in [0.1, 0.15) is 19.3 Å². The highest BCUT2D eigenvalue weighted by molar-refractivity contribution is 5.73. The third kappa shape index (κ3) is 2.61. The van der Waals surface area contributed by atoms with Gasteiger partial charge in [0.15, 0.2) is 0 Å². The van der Waals surface area contributed by atoms with E-state index in [1.807, 2.05) is 0 Å². The first kappa shape index (κ1) is 9.83. The molecule has 5 nitrogen and oxygen atoms in total. The lowest BCUT2D eigenvalue weighted by atomic mass is 10.1. The van der Waals surface area contributed by atoms with E-state index < -0.39 is 6.09 Å². The van der Waals surface area contributed by atoms with Gasteiger partial charge in [0.25, 0.3) is 0 Å². The number of methoxy groups -OCH3 is 1. The van der Waals surface area contributed by atoms with Crippen LogP contribution in [-0.4, -0.2) is 30.3 Å². The van der Waals surface area contributed by atoms with Crippen molar-refractivity contribution in [1.29, 1.82) is 0 Å². The van der Waals surface area contributed by atoms with Crippen molar-refractivity contribution in [3.63, 3.8) is 0 Å². The van der Waals surface area contributed by atoms with E-state index in [-0.39, 0.29) is 17.9 Å². The fourth-order valence-electron chi connectivity index (χ4n) is 1.67. The zero-order valence-corrected chi connectivity index (χ0v) is 7.45. The van der Waals surface area contributed by atoms with Gasteiger partial charge < -0.3 is 15.2 Å². The number of carbonyl (C=O) groups is 2. The van der Waals surface area contributed by atoms with E-state index in [9.17, 15) is 9.59 Å². The highest BCUT2D eigenvalue weighted by Gasteiger charge is 2.31. The molecule has 0 aromatic rings. The van der Waals surface area contributed by atoms with Crippen LogP contribution in [-0.2, 0) is 9.53 Å². The molecule has 0 aliphatic heterocycles. The molecule has 2 atom stereocenters. The van der Waals surface area contributed by atoms with Crippen LogP contribution in [0.15, 0.2) is 0 Å². The van der Waals surface area contributed by atoms with Gasteiger partial charge in [-0.25, -0.2) is 4.79 Å². The zero-order chi connectivity index (χ0) is 9.84. The van der Waals surface area contributed by atoms with Crippen molar-refractivity contribution in [1.82, 2.24) is 5.32 Å². The van der Waals surface area contributed by atoms with Gasteiger partial charge in [-0.1, -0.05) is 0 Å². The summed E-state index contributed by atoms with van der Waals surface area (Å²) < 4.78 is 4.57. The third-order valence-corrected chi connectivity index (χ3v) is 2.29. The molecule has 0 aromatic carbocycles. The maximum Gasteiger partial charge on any atom is 0.404 e. The summed E-state index contributed by atoms with van der Waals surface area (Å²) in [7, 11) is 1.35. The maximum absolute atomic E-state index is 11.0. The molecular formula is C8H13NO4. The maximum atomic E-state index is 11.0. The molecule has 74 valence electrons. The molecular weight excluding hydrogens is 174 g/mol. The van der Waals surface area contributed by atoms with Gasteiger partial charge in [-0.05, 0) is 19.3 Å². The standard InChI is InChI=1S/C8H13NO4/c1-13-7(10)5-2-3-6(4-5)9-8(11)12/h5-6,9H,2-4H2,1H3,(H,11,12)/t5-,6?/m1/s1. The first-order chi connectivity index (χ1) is 6.13. The van der Waals surface area contributed by atoms with E-state index in [2.05, 4.69) is 10.1 Å². The smallest absolute Gasteiger partial charge is 0.404 e. The number of carbonyl (C=O) groups excluding carboxylic acids is 1. The Labute approximate surface area is 76.1 Å². The van der Waals surface area contributed by atoms with Crippen LogP contribution in [0.5, 0.6) is 0 Å². The minimum atomic E-state index is -1.03. The molecule has 1 amide bonds. The molecule has 0 saturated heterocycles. The summed E-state index contributed by atoms with van der Waals surface area (Å²) in [5.74, 6) is -0.378. The van der Waals surface area contributed by atoms with Crippen molar-refractivity contribution in [2.75, 3.05) is 7.11 Å². The number of esters is 1. The Morgan fingerprint density at radius 3 is 2.69 bits per heavy atom. The van der Waals surface area contributed by atoms with Gasteiger partial charge in [0, 0.05) is 6.04 Å². The van der Waals surface area contributed by atoms with Gasteiger partial charge in [0.2, 0.25) is 0 Å². The summed E-state index contributed by atoms with van der Waals surface area (Å²) in [5.41, 5.74) is 0. The molecule has 1 unspecified atom stereocenters. The molecule has 1 fully saturated rings. The normalized spacial score (nSPS) is 26.8. The fraction of sp³-hybridized carbons (Fsp3) is 0.750. The number of nitrogens with one attached hydrogen (secondary N) is 1. The molecule has 1 saturated carbocycles. The Kier molecular flexibility index (Phi) is 3.11. The van der Waals surface area contributed by atoms with E-state index in [1.165, 1.54) is 7.11 Å². The molecule has 0 aromatic heterocycles. The molecule has 1 aliphatic rings. The number of hydrogen-bond donors (Lipinski definition) is 2. The van der Waals surface area contributed by atoms with Crippen molar-refractivity contribution >= 4 is 12.1 Å². The number of ether oxygens (including phenoxy) is 1. The van der Waals surface area contributed by atoms with E-state index in [0.717, 1.165) is 0 Å². The number of carboxylic acid groups (broad SMARTS) is 1. The largest absolute Gasteiger partial charge is 0.469 e. The lowest BCUT2D eigenvalue weighted by molar-refractivity contribution is -0.145. The van der Waals surface area contributed by atoms with Crippen LogP contribution in [0, 0.1) is 5.92 Å². The van der Waals surface area contributed by atoms with E-state index in [4.69, 9.17) is 5.11 Å². The van der Waals surface area contributed by atoms with Crippen LogP contribution in [0.3, 0.4) is 0 Å². The molecule has 13 heavy (non-hydrogen) atoms. The van der Waals surface area contributed by atoms with Crippen LogP contribution in [0.4, 0.5) is 4.79 Å². The molecule has 0 heterocycles. The predicted octanol–water partition coefficient (Wildman–Crippen LogP) is 0.596. The first-order valence-corrected chi connectivity index (χ1v) is 4.20. The molecule has 0 radical (unpaired) electrons. The Balaban J connectivity index is 2.36. The molecule has 1 aliphatic carbocycles. The zero-order valence-electron chi connectivity index (χ0n) is 7.45. The Bertz CT molecular complexity index is 216. The average molecular weight is 187 g/mol. The number of hydrogen-bond acceptors (Lipinski definition) is 3. The minimum Gasteiger partial charge on any atom is -0.469 e. The highest BCUT2D eigenvalue weighted by atomic mass is 16.5. The van der Waals surface area contributed by atoms with Crippen molar-refractivity contribution < 1.29 is 19.4 Å². The van der Waals surface area contributed by atoms with E-state index in [0.29, 0.717) is 19.3 Å². The van der Waals surface area contributed by atoms with Crippen molar-refractivity contribution in [2.24, 2.45) is 5.92 Å². The van der Waals surface area contributed by atoms with Crippen molar-refractivity contribution in [3.05, 3.63) is 0 Å². The summed E-state index contributed by atoms with van der Waals surface area (Å²) in [6.45, 7) is 0. The van der Waals surface area contributed by atoms with E-state index >= 15 is 0 Å². The lowest BCUT2D eigenvalue weighted by Gasteiger charge is -2.09. The SMILES string of the molecule is COC(=O)[C@@H]1CCC(NC(=O)O)C1. The monoisotopic (exact) mass is 187 g/mol. The van der Waals surface area contributed by atoms with Crippen molar-refractivity contribution in [3.8, 4) is 0 Å².